The summed E-state index contributed by atoms with van der Waals surface area (Å²) in [5.41, 5.74) is 0.241. The van der Waals surface area contributed by atoms with Gasteiger partial charge in [-0.15, -0.1) is 0 Å². The van der Waals surface area contributed by atoms with Crippen LogP contribution in [0.15, 0.2) is 48.7 Å². The molecule has 1 fully saturated rings. The Labute approximate surface area is 197 Å². The van der Waals surface area contributed by atoms with E-state index in [1.54, 1.807) is 37.3 Å². The summed E-state index contributed by atoms with van der Waals surface area (Å²) < 4.78 is 20.2. The first-order chi connectivity index (χ1) is 15.9. The van der Waals surface area contributed by atoms with Crippen LogP contribution in [0.1, 0.15) is 31.4 Å². The van der Waals surface area contributed by atoms with Crippen molar-refractivity contribution in [2.45, 2.75) is 38.2 Å². The molecule has 2 aromatic heterocycles. The molecule has 0 spiro atoms. The van der Waals surface area contributed by atoms with Gasteiger partial charge in [0.1, 0.15) is 11.6 Å². The lowest BCUT2D eigenvalue weighted by Gasteiger charge is -2.40. The molecule has 0 bridgehead atoms. The highest BCUT2D eigenvalue weighted by Crippen LogP contribution is 2.42. The standard InChI is InChI=1S/C24H27ClFN5O2/c1-31(2)23(32)24(15-16-5-3-8-20(28-16)29-21-11-14-27-30-21)12-9-17(10-13-24)33-19-7-4-6-18(25)22(19)26/h3-8,11,14,17H,9-10,12-13,15H2,1-2H3,(H2,27,28,29,30). The molecule has 0 atom stereocenters. The quantitative estimate of drug-likeness (QED) is 0.507. The van der Waals surface area contributed by atoms with Gasteiger partial charge in [-0.3, -0.25) is 9.89 Å². The number of nitrogens with zero attached hydrogens (tertiary/aromatic N) is 3. The Morgan fingerprint density at radius 3 is 2.70 bits per heavy atom. The van der Waals surface area contributed by atoms with Gasteiger partial charge in [-0.05, 0) is 49.9 Å². The molecule has 7 nitrogen and oxygen atoms in total. The van der Waals surface area contributed by atoms with Crippen LogP contribution in [0.5, 0.6) is 5.75 Å². The van der Waals surface area contributed by atoms with E-state index in [4.69, 9.17) is 21.3 Å². The number of amides is 1. The van der Waals surface area contributed by atoms with Crippen LogP contribution in [0, 0.1) is 11.2 Å². The van der Waals surface area contributed by atoms with E-state index in [9.17, 15) is 9.18 Å². The third-order valence-corrected chi connectivity index (χ3v) is 6.34. The van der Waals surface area contributed by atoms with Crippen LogP contribution < -0.4 is 10.1 Å². The summed E-state index contributed by atoms with van der Waals surface area (Å²) in [6.07, 6.45) is 4.51. The Morgan fingerprint density at radius 1 is 1.24 bits per heavy atom. The maximum absolute atomic E-state index is 14.3. The number of H-pyrrole nitrogens is 1. The Morgan fingerprint density at radius 2 is 2.00 bits per heavy atom. The Kier molecular flexibility index (Phi) is 6.83. The van der Waals surface area contributed by atoms with E-state index >= 15 is 0 Å². The first-order valence-electron chi connectivity index (χ1n) is 10.9. The van der Waals surface area contributed by atoms with Gasteiger partial charge in [-0.1, -0.05) is 23.7 Å². The highest BCUT2D eigenvalue weighted by Gasteiger charge is 2.43. The van der Waals surface area contributed by atoms with Crippen LogP contribution in [-0.2, 0) is 11.2 Å². The molecule has 174 valence electrons. The zero-order chi connectivity index (χ0) is 23.4. The number of hydrogen-bond acceptors (Lipinski definition) is 5. The number of hydrogen-bond donors (Lipinski definition) is 2. The number of ether oxygens (including phenoxy) is 1. The number of aromatic amines is 1. The number of rotatable bonds is 7. The Bertz CT molecular complexity index is 1100. The highest BCUT2D eigenvalue weighted by molar-refractivity contribution is 6.30. The number of pyridine rings is 1. The minimum absolute atomic E-state index is 0.0372. The second kappa shape index (κ2) is 9.79. The van der Waals surface area contributed by atoms with Crippen molar-refractivity contribution < 1.29 is 13.9 Å². The maximum atomic E-state index is 14.3. The zero-order valence-corrected chi connectivity index (χ0v) is 19.4. The van der Waals surface area contributed by atoms with Crippen LogP contribution >= 0.6 is 11.6 Å². The zero-order valence-electron chi connectivity index (χ0n) is 18.6. The van der Waals surface area contributed by atoms with Gasteiger partial charge in [0.25, 0.3) is 0 Å². The van der Waals surface area contributed by atoms with Gasteiger partial charge in [0, 0.05) is 32.3 Å². The summed E-state index contributed by atoms with van der Waals surface area (Å²) in [7, 11) is 3.55. The fourth-order valence-electron chi connectivity index (χ4n) is 4.41. The summed E-state index contributed by atoms with van der Waals surface area (Å²) in [4.78, 5) is 19.6. The molecule has 0 saturated heterocycles. The predicted octanol–water partition coefficient (Wildman–Crippen LogP) is 4.98. The highest BCUT2D eigenvalue weighted by atomic mass is 35.5. The average Bonchev–Trinajstić information content (AvgIpc) is 3.31. The van der Waals surface area contributed by atoms with Gasteiger partial charge in [-0.25, -0.2) is 9.37 Å². The lowest BCUT2D eigenvalue weighted by atomic mass is 9.69. The summed E-state index contributed by atoms with van der Waals surface area (Å²) in [6, 6.07) is 12.3. The minimum Gasteiger partial charge on any atom is -0.487 e. The van der Waals surface area contributed by atoms with Crippen LogP contribution in [0.2, 0.25) is 5.02 Å². The van der Waals surface area contributed by atoms with E-state index in [2.05, 4.69) is 15.5 Å². The van der Waals surface area contributed by atoms with E-state index in [1.165, 1.54) is 6.07 Å². The molecule has 1 aliphatic rings. The van der Waals surface area contributed by atoms with Crippen molar-refractivity contribution in [1.82, 2.24) is 20.1 Å². The number of benzene rings is 1. The molecule has 1 aliphatic carbocycles. The molecule has 3 aromatic rings. The third kappa shape index (κ3) is 5.27. The van der Waals surface area contributed by atoms with Crippen molar-refractivity contribution in [3.8, 4) is 5.75 Å². The van der Waals surface area contributed by atoms with E-state index in [0.29, 0.717) is 37.9 Å². The van der Waals surface area contributed by atoms with E-state index in [0.717, 1.165) is 11.5 Å². The summed E-state index contributed by atoms with van der Waals surface area (Å²) in [6.45, 7) is 0. The normalized spacial score (nSPS) is 20.3. The number of aromatic nitrogens is 3. The van der Waals surface area contributed by atoms with Gasteiger partial charge in [0.2, 0.25) is 5.91 Å². The fraction of sp³-hybridized carbons (Fsp3) is 0.375. The van der Waals surface area contributed by atoms with Crippen LogP contribution in [0.3, 0.4) is 0 Å². The molecule has 1 aromatic carbocycles. The lowest BCUT2D eigenvalue weighted by molar-refractivity contribution is -0.142. The van der Waals surface area contributed by atoms with Crippen LogP contribution in [0.4, 0.5) is 16.0 Å². The maximum Gasteiger partial charge on any atom is 0.228 e. The number of carbonyl (C=O) groups is 1. The number of carbonyl (C=O) groups excluding carboxylic acids is 1. The van der Waals surface area contributed by atoms with E-state index in [1.807, 2.05) is 24.3 Å². The second-order valence-electron chi connectivity index (χ2n) is 8.64. The lowest BCUT2D eigenvalue weighted by Crippen LogP contribution is -2.46. The molecule has 33 heavy (non-hydrogen) atoms. The molecule has 2 heterocycles. The molecule has 2 N–H and O–H groups in total. The first kappa shape index (κ1) is 23.0. The molecule has 0 radical (unpaired) electrons. The van der Waals surface area contributed by atoms with Gasteiger partial charge in [-0.2, -0.15) is 5.10 Å². The molecular formula is C24H27ClFN5O2. The first-order valence-corrected chi connectivity index (χ1v) is 11.3. The largest absolute Gasteiger partial charge is 0.487 e. The molecule has 1 saturated carbocycles. The Hall–Kier alpha value is -3.13. The van der Waals surface area contributed by atoms with Crippen molar-refractivity contribution in [1.29, 1.82) is 0 Å². The minimum atomic E-state index is -0.587. The average molecular weight is 472 g/mol. The Balaban J connectivity index is 1.49. The van der Waals surface area contributed by atoms with Gasteiger partial charge in [0.15, 0.2) is 11.6 Å². The number of anilines is 2. The smallest absolute Gasteiger partial charge is 0.228 e. The van der Waals surface area contributed by atoms with Crippen molar-refractivity contribution in [2.75, 3.05) is 19.4 Å². The van der Waals surface area contributed by atoms with Crippen molar-refractivity contribution in [2.24, 2.45) is 5.41 Å². The third-order valence-electron chi connectivity index (χ3n) is 6.05. The fourth-order valence-corrected chi connectivity index (χ4v) is 4.58. The van der Waals surface area contributed by atoms with Crippen LogP contribution in [0.25, 0.3) is 0 Å². The molecule has 4 rings (SSSR count). The van der Waals surface area contributed by atoms with E-state index < -0.39 is 11.2 Å². The van der Waals surface area contributed by atoms with E-state index in [-0.39, 0.29) is 22.8 Å². The van der Waals surface area contributed by atoms with Crippen molar-refractivity contribution in [3.63, 3.8) is 0 Å². The molecule has 0 unspecified atom stereocenters. The van der Waals surface area contributed by atoms with Crippen molar-refractivity contribution in [3.05, 3.63) is 65.2 Å². The summed E-state index contributed by atoms with van der Waals surface area (Å²) in [5.74, 6) is 1.09. The molecular weight excluding hydrogens is 445 g/mol. The molecule has 9 heteroatoms. The number of nitrogens with one attached hydrogen (secondary N) is 2. The van der Waals surface area contributed by atoms with Crippen molar-refractivity contribution >= 4 is 29.1 Å². The topological polar surface area (TPSA) is 83.1 Å². The van der Waals surface area contributed by atoms with Gasteiger partial charge < -0.3 is 15.0 Å². The molecule has 0 aliphatic heterocycles. The molecule has 1 amide bonds. The van der Waals surface area contributed by atoms with Gasteiger partial charge >= 0.3 is 0 Å². The predicted molar refractivity (Wildman–Crippen MR) is 125 cm³/mol. The summed E-state index contributed by atoms with van der Waals surface area (Å²) in [5, 5.41) is 9.99. The van der Waals surface area contributed by atoms with Crippen LogP contribution in [-0.4, -0.2) is 46.2 Å². The monoisotopic (exact) mass is 471 g/mol. The summed E-state index contributed by atoms with van der Waals surface area (Å²) >= 11 is 5.88. The second-order valence-corrected chi connectivity index (χ2v) is 9.04. The van der Waals surface area contributed by atoms with Gasteiger partial charge in [0.05, 0.1) is 22.7 Å². The number of halogens is 2. The SMILES string of the molecule is CN(C)C(=O)C1(Cc2cccc(Nc3ccn[nH]3)n2)CCC(Oc2cccc(Cl)c2F)CC1.